The summed E-state index contributed by atoms with van der Waals surface area (Å²) in [4.78, 5) is 51.6. The van der Waals surface area contributed by atoms with Gasteiger partial charge in [0.1, 0.15) is 5.00 Å². The molecule has 0 aliphatic heterocycles. The number of carboxylic acids is 1. The number of thiophene rings is 1. The second-order valence-electron chi connectivity index (χ2n) is 8.66. The predicted octanol–water partition coefficient (Wildman–Crippen LogP) is 5.88. The second kappa shape index (κ2) is 12.7. The first-order chi connectivity index (χ1) is 18.4. The number of carboxylic acid groups (broad SMARTS) is 1. The summed E-state index contributed by atoms with van der Waals surface area (Å²) in [5, 5.41) is 15.5. The summed E-state index contributed by atoms with van der Waals surface area (Å²) in [6.07, 6.45) is 4.89. The molecule has 8 nitrogen and oxygen atoms in total. The van der Waals surface area contributed by atoms with Crippen LogP contribution < -0.4 is 10.6 Å². The van der Waals surface area contributed by atoms with Crippen molar-refractivity contribution in [3.05, 3.63) is 75.7 Å². The van der Waals surface area contributed by atoms with Crippen molar-refractivity contribution in [1.29, 1.82) is 0 Å². The van der Waals surface area contributed by atoms with Gasteiger partial charge in [0.15, 0.2) is 0 Å². The van der Waals surface area contributed by atoms with Crippen molar-refractivity contribution in [3.63, 3.8) is 0 Å². The molecular formula is C28H28N2O6S2. The summed E-state index contributed by atoms with van der Waals surface area (Å²) in [7, 11) is 0. The van der Waals surface area contributed by atoms with Gasteiger partial charge in [-0.25, -0.2) is 9.59 Å². The lowest BCUT2D eigenvalue weighted by molar-refractivity contribution is -0.113. The normalized spacial score (nSPS) is 12.7. The first-order valence-electron chi connectivity index (χ1n) is 12.4. The lowest BCUT2D eigenvalue weighted by atomic mass is 10.1. The summed E-state index contributed by atoms with van der Waals surface area (Å²) in [6.45, 7) is 2.03. The molecule has 0 bridgehead atoms. The smallest absolute Gasteiger partial charge is 0.341 e. The van der Waals surface area contributed by atoms with E-state index in [4.69, 9.17) is 4.74 Å². The fourth-order valence-electron chi connectivity index (χ4n) is 4.29. The zero-order valence-electron chi connectivity index (χ0n) is 20.9. The highest BCUT2D eigenvalue weighted by atomic mass is 32.2. The molecule has 0 saturated heterocycles. The Balaban J connectivity index is 1.42. The van der Waals surface area contributed by atoms with E-state index in [1.54, 1.807) is 37.3 Å². The zero-order valence-corrected chi connectivity index (χ0v) is 22.5. The van der Waals surface area contributed by atoms with Gasteiger partial charge >= 0.3 is 11.9 Å². The van der Waals surface area contributed by atoms with Crippen LogP contribution in [0.5, 0.6) is 0 Å². The molecule has 4 rings (SSSR count). The molecule has 38 heavy (non-hydrogen) atoms. The number of hydrogen-bond donors (Lipinski definition) is 3. The van der Waals surface area contributed by atoms with Crippen LogP contribution >= 0.6 is 23.1 Å². The van der Waals surface area contributed by atoms with Gasteiger partial charge in [0.2, 0.25) is 5.91 Å². The number of ether oxygens (including phenoxy) is 1. The van der Waals surface area contributed by atoms with Crippen molar-refractivity contribution < 1.29 is 29.0 Å². The highest BCUT2D eigenvalue weighted by Crippen LogP contribution is 2.38. The number of nitrogens with one attached hydrogen (secondary N) is 2. The van der Waals surface area contributed by atoms with Crippen LogP contribution in [0.2, 0.25) is 0 Å². The molecule has 1 aliphatic carbocycles. The van der Waals surface area contributed by atoms with Crippen molar-refractivity contribution in [3.8, 4) is 0 Å². The third-order valence-corrected chi connectivity index (χ3v) is 8.22. The number of carbonyl (C=O) groups excluding carboxylic acids is 3. The van der Waals surface area contributed by atoms with Crippen LogP contribution in [0.4, 0.5) is 10.7 Å². The van der Waals surface area contributed by atoms with Crippen LogP contribution in [0.15, 0.2) is 53.4 Å². The highest BCUT2D eigenvalue weighted by Gasteiger charge is 2.26. The van der Waals surface area contributed by atoms with Crippen LogP contribution in [-0.4, -0.2) is 41.2 Å². The maximum atomic E-state index is 12.8. The van der Waals surface area contributed by atoms with E-state index < -0.39 is 17.8 Å². The van der Waals surface area contributed by atoms with Crippen LogP contribution in [0.3, 0.4) is 0 Å². The molecule has 3 N–H and O–H groups in total. The van der Waals surface area contributed by atoms with Crippen LogP contribution in [0, 0.1) is 0 Å². The van der Waals surface area contributed by atoms with Gasteiger partial charge in [0.25, 0.3) is 5.91 Å². The Kier molecular flexibility index (Phi) is 9.19. The van der Waals surface area contributed by atoms with Gasteiger partial charge < -0.3 is 20.5 Å². The molecule has 0 spiro atoms. The van der Waals surface area contributed by atoms with E-state index in [0.29, 0.717) is 16.3 Å². The standard InChI is InChI=1S/C28H28N2O6S2/c1-2-36-28(35)24-21-13-4-3-5-14-22(21)38-26(24)30-23(31)16-37-18-10-8-9-17(15-18)29-25(32)19-11-6-7-12-20(19)27(33)34/h6-12,15H,2-5,13-14,16H2,1H3,(H,29,32)(H,30,31)(H,33,34). The van der Waals surface area contributed by atoms with Gasteiger partial charge in [-0.05, 0) is 68.5 Å². The fourth-order valence-corrected chi connectivity index (χ4v) is 6.34. The third kappa shape index (κ3) is 6.62. The fraction of sp³-hybridized carbons (Fsp3) is 0.286. The monoisotopic (exact) mass is 552 g/mol. The van der Waals surface area contributed by atoms with Gasteiger partial charge in [-0.15, -0.1) is 23.1 Å². The van der Waals surface area contributed by atoms with E-state index in [1.807, 2.05) is 6.07 Å². The molecule has 198 valence electrons. The van der Waals surface area contributed by atoms with E-state index in [0.717, 1.165) is 47.4 Å². The maximum absolute atomic E-state index is 12.8. The number of carbonyl (C=O) groups is 4. The molecule has 0 saturated carbocycles. The van der Waals surface area contributed by atoms with Gasteiger partial charge in [-0.1, -0.05) is 24.6 Å². The highest BCUT2D eigenvalue weighted by molar-refractivity contribution is 8.00. The van der Waals surface area contributed by atoms with Crippen LogP contribution in [0.1, 0.15) is 67.7 Å². The number of aryl methyl sites for hydroxylation is 1. The van der Waals surface area contributed by atoms with E-state index in [2.05, 4.69) is 10.6 Å². The summed E-state index contributed by atoms with van der Waals surface area (Å²) in [5.74, 6) is -2.26. The number of anilines is 2. The number of hydrogen-bond acceptors (Lipinski definition) is 7. The molecule has 0 fully saturated rings. The van der Waals surface area contributed by atoms with E-state index in [1.165, 1.54) is 35.2 Å². The summed E-state index contributed by atoms with van der Waals surface area (Å²) >= 11 is 2.75. The van der Waals surface area contributed by atoms with Crippen molar-refractivity contribution in [1.82, 2.24) is 0 Å². The summed E-state index contributed by atoms with van der Waals surface area (Å²) < 4.78 is 5.29. The average molecular weight is 553 g/mol. The summed E-state index contributed by atoms with van der Waals surface area (Å²) in [6, 6.07) is 13.0. The molecule has 1 aliphatic rings. The van der Waals surface area contributed by atoms with Crippen molar-refractivity contribution >= 4 is 57.5 Å². The Morgan fingerprint density at radius 1 is 0.974 bits per heavy atom. The largest absolute Gasteiger partial charge is 0.478 e. The first-order valence-corrected chi connectivity index (χ1v) is 14.2. The lowest BCUT2D eigenvalue weighted by Crippen LogP contribution is -2.17. The van der Waals surface area contributed by atoms with Crippen molar-refractivity contribution in [2.75, 3.05) is 23.0 Å². The SMILES string of the molecule is CCOC(=O)c1c(NC(=O)CSc2cccc(NC(=O)c3ccccc3C(=O)O)c2)sc2c1CCCCC2. The van der Waals surface area contributed by atoms with Gasteiger partial charge in [0, 0.05) is 15.5 Å². The molecule has 1 heterocycles. The number of amides is 2. The molecule has 0 atom stereocenters. The van der Waals surface area contributed by atoms with Crippen LogP contribution in [0.25, 0.3) is 0 Å². The minimum absolute atomic E-state index is 0.0594. The number of rotatable bonds is 9. The minimum atomic E-state index is -1.18. The Hall–Kier alpha value is -3.63. The van der Waals surface area contributed by atoms with Crippen molar-refractivity contribution in [2.24, 2.45) is 0 Å². The Bertz CT molecular complexity index is 1370. The molecule has 3 aromatic rings. The average Bonchev–Trinajstić information content (AvgIpc) is 3.07. The molecule has 2 aromatic carbocycles. The Morgan fingerprint density at radius 3 is 2.50 bits per heavy atom. The number of fused-ring (bicyclic) bond motifs is 1. The van der Waals surface area contributed by atoms with E-state index >= 15 is 0 Å². The molecule has 1 aromatic heterocycles. The number of thioether (sulfide) groups is 1. The molecule has 0 unspecified atom stereocenters. The third-order valence-electron chi connectivity index (χ3n) is 6.02. The molecule has 10 heteroatoms. The number of esters is 1. The maximum Gasteiger partial charge on any atom is 0.341 e. The second-order valence-corrected chi connectivity index (χ2v) is 10.8. The van der Waals surface area contributed by atoms with Gasteiger partial charge in [-0.3, -0.25) is 9.59 Å². The molecular weight excluding hydrogens is 524 g/mol. The Morgan fingerprint density at radius 2 is 1.74 bits per heavy atom. The number of benzene rings is 2. The van der Waals surface area contributed by atoms with E-state index in [9.17, 15) is 24.3 Å². The quantitative estimate of drug-likeness (QED) is 0.172. The molecule has 0 radical (unpaired) electrons. The molecule has 2 amide bonds. The zero-order chi connectivity index (χ0) is 27.1. The minimum Gasteiger partial charge on any atom is -0.478 e. The van der Waals surface area contributed by atoms with Crippen molar-refractivity contribution in [2.45, 2.75) is 43.9 Å². The topological polar surface area (TPSA) is 122 Å². The van der Waals surface area contributed by atoms with Gasteiger partial charge in [-0.2, -0.15) is 0 Å². The first kappa shape index (κ1) is 27.4. The lowest BCUT2D eigenvalue weighted by Gasteiger charge is -2.10. The van der Waals surface area contributed by atoms with Crippen LogP contribution in [-0.2, 0) is 22.4 Å². The predicted molar refractivity (Wildman–Crippen MR) is 149 cm³/mol. The summed E-state index contributed by atoms with van der Waals surface area (Å²) in [5.41, 5.74) is 1.94. The Labute approximate surface area is 228 Å². The van der Waals surface area contributed by atoms with Gasteiger partial charge in [0.05, 0.1) is 29.1 Å². The van der Waals surface area contributed by atoms with E-state index in [-0.39, 0.29) is 29.4 Å². The number of aromatic carboxylic acids is 1.